The number of rotatable bonds is 4. The van der Waals surface area contributed by atoms with E-state index >= 15 is 0 Å². The molecule has 0 radical (unpaired) electrons. The van der Waals surface area contributed by atoms with E-state index in [1.54, 1.807) is 0 Å². The van der Waals surface area contributed by atoms with E-state index in [0.717, 1.165) is 17.6 Å². The number of likely N-dealkylation sites (N-methyl/N-ethyl adjacent to an activating group) is 2. The van der Waals surface area contributed by atoms with Crippen LogP contribution in [0.1, 0.15) is 18.4 Å². The number of hydrogen-bond acceptors (Lipinski definition) is 4. The van der Waals surface area contributed by atoms with Crippen LogP contribution >= 0.6 is 0 Å². The molecule has 1 aliphatic rings. The Morgan fingerprint density at radius 2 is 2.19 bits per heavy atom. The minimum Gasteiger partial charge on any atom is -0.372 e. The molecule has 0 amide bonds. The second kappa shape index (κ2) is 6.00. The van der Waals surface area contributed by atoms with Gasteiger partial charge in [0.2, 0.25) is 0 Å². The third kappa shape index (κ3) is 2.74. The van der Waals surface area contributed by atoms with Crippen LogP contribution in [0.4, 0.5) is 5.69 Å². The number of pyridine rings is 1. The highest BCUT2D eigenvalue weighted by Crippen LogP contribution is 2.29. The minimum atomic E-state index is 0.526. The van der Waals surface area contributed by atoms with Gasteiger partial charge in [0.1, 0.15) is 0 Å². The molecule has 1 atom stereocenters. The monoisotopic (exact) mass is 284 g/mol. The normalized spacial score (nSPS) is 19.3. The van der Waals surface area contributed by atoms with Gasteiger partial charge in [0, 0.05) is 43.3 Å². The second-order valence-corrected chi connectivity index (χ2v) is 6.01. The molecule has 21 heavy (non-hydrogen) atoms. The van der Waals surface area contributed by atoms with Crippen molar-refractivity contribution in [2.45, 2.75) is 25.4 Å². The summed E-state index contributed by atoms with van der Waals surface area (Å²) in [6.07, 6.45) is 4.50. The molecule has 1 aromatic heterocycles. The molecule has 2 aromatic rings. The first-order chi connectivity index (χ1) is 10.2. The topological polar surface area (TPSA) is 45.4 Å². The summed E-state index contributed by atoms with van der Waals surface area (Å²) in [4.78, 5) is 9.34. The first-order valence-corrected chi connectivity index (χ1v) is 7.68. The van der Waals surface area contributed by atoms with Gasteiger partial charge in [-0.3, -0.25) is 4.98 Å². The van der Waals surface area contributed by atoms with Gasteiger partial charge in [-0.2, -0.15) is 0 Å². The predicted octanol–water partition coefficient (Wildman–Crippen LogP) is 2.22. The fourth-order valence-electron chi connectivity index (χ4n) is 3.39. The average Bonchev–Trinajstić information content (AvgIpc) is 2.91. The van der Waals surface area contributed by atoms with Gasteiger partial charge in [0.05, 0.1) is 11.2 Å². The van der Waals surface area contributed by atoms with Crippen molar-refractivity contribution in [2.75, 3.05) is 32.1 Å². The van der Waals surface area contributed by atoms with Gasteiger partial charge in [-0.15, -0.1) is 0 Å². The Morgan fingerprint density at radius 3 is 2.90 bits per heavy atom. The van der Waals surface area contributed by atoms with E-state index in [1.807, 2.05) is 12.3 Å². The number of nitrogens with zero attached hydrogens (tertiary/aromatic N) is 3. The molecule has 1 unspecified atom stereocenters. The number of benzene rings is 1. The van der Waals surface area contributed by atoms with Crippen LogP contribution in [0.3, 0.4) is 0 Å². The summed E-state index contributed by atoms with van der Waals surface area (Å²) in [5.74, 6) is 0. The summed E-state index contributed by atoms with van der Waals surface area (Å²) in [6, 6.07) is 8.95. The third-order valence-electron chi connectivity index (χ3n) is 4.58. The fraction of sp³-hybridized carbons (Fsp3) is 0.471. The van der Waals surface area contributed by atoms with E-state index < -0.39 is 0 Å². The van der Waals surface area contributed by atoms with Crippen LogP contribution in [-0.4, -0.2) is 43.1 Å². The van der Waals surface area contributed by atoms with Crippen molar-refractivity contribution < 1.29 is 0 Å². The molecular weight excluding hydrogens is 260 g/mol. The van der Waals surface area contributed by atoms with Gasteiger partial charge in [0.25, 0.3) is 0 Å². The summed E-state index contributed by atoms with van der Waals surface area (Å²) in [5.41, 5.74) is 9.34. The summed E-state index contributed by atoms with van der Waals surface area (Å²) < 4.78 is 0. The number of hydrogen-bond donors (Lipinski definition) is 1. The summed E-state index contributed by atoms with van der Waals surface area (Å²) in [6.45, 7) is 2.77. The Bertz CT molecular complexity index is 625. The van der Waals surface area contributed by atoms with E-state index in [1.165, 1.54) is 30.5 Å². The van der Waals surface area contributed by atoms with E-state index in [0.29, 0.717) is 12.6 Å². The molecule has 0 saturated carbocycles. The van der Waals surface area contributed by atoms with Crippen molar-refractivity contribution in [1.29, 1.82) is 0 Å². The van der Waals surface area contributed by atoms with Crippen LogP contribution < -0.4 is 10.6 Å². The SMILES string of the molecule is CN(CC1CCCN1C)c1c(CN)cnc2ccccc12. The molecule has 1 aliphatic heterocycles. The molecule has 1 fully saturated rings. The van der Waals surface area contributed by atoms with Gasteiger partial charge in [-0.05, 0) is 32.5 Å². The van der Waals surface area contributed by atoms with Gasteiger partial charge in [-0.1, -0.05) is 18.2 Å². The molecule has 2 heterocycles. The van der Waals surface area contributed by atoms with Crippen LogP contribution in [0.15, 0.2) is 30.5 Å². The van der Waals surface area contributed by atoms with Crippen molar-refractivity contribution >= 4 is 16.6 Å². The number of anilines is 1. The van der Waals surface area contributed by atoms with Crippen LogP contribution in [-0.2, 0) is 6.54 Å². The van der Waals surface area contributed by atoms with Crippen molar-refractivity contribution in [1.82, 2.24) is 9.88 Å². The lowest BCUT2D eigenvalue weighted by Crippen LogP contribution is -2.37. The number of fused-ring (bicyclic) bond motifs is 1. The zero-order chi connectivity index (χ0) is 14.8. The van der Waals surface area contributed by atoms with Crippen molar-refractivity contribution in [3.63, 3.8) is 0 Å². The summed E-state index contributed by atoms with van der Waals surface area (Å²) >= 11 is 0. The molecule has 0 spiro atoms. The lowest BCUT2D eigenvalue weighted by Gasteiger charge is -2.29. The lowest BCUT2D eigenvalue weighted by atomic mass is 10.1. The number of para-hydroxylation sites is 1. The first kappa shape index (κ1) is 14.3. The Labute approximate surface area is 126 Å². The van der Waals surface area contributed by atoms with E-state index in [-0.39, 0.29) is 0 Å². The largest absolute Gasteiger partial charge is 0.372 e. The zero-order valence-electron chi connectivity index (χ0n) is 12.9. The highest BCUT2D eigenvalue weighted by Gasteiger charge is 2.23. The van der Waals surface area contributed by atoms with Crippen molar-refractivity contribution in [2.24, 2.45) is 5.73 Å². The molecule has 4 heteroatoms. The van der Waals surface area contributed by atoms with E-state index in [2.05, 4.69) is 47.1 Å². The smallest absolute Gasteiger partial charge is 0.0723 e. The number of nitrogens with two attached hydrogens (primary N) is 1. The minimum absolute atomic E-state index is 0.526. The van der Waals surface area contributed by atoms with Crippen LogP contribution in [0.5, 0.6) is 0 Å². The second-order valence-electron chi connectivity index (χ2n) is 6.01. The van der Waals surface area contributed by atoms with Gasteiger partial charge in [0.15, 0.2) is 0 Å². The number of likely N-dealkylation sites (tertiary alicyclic amines) is 1. The Kier molecular flexibility index (Phi) is 4.08. The maximum atomic E-state index is 5.94. The maximum absolute atomic E-state index is 5.94. The summed E-state index contributed by atoms with van der Waals surface area (Å²) in [5, 5.41) is 1.20. The molecule has 4 nitrogen and oxygen atoms in total. The molecule has 3 rings (SSSR count). The summed E-state index contributed by atoms with van der Waals surface area (Å²) in [7, 11) is 4.40. The first-order valence-electron chi connectivity index (χ1n) is 7.68. The average molecular weight is 284 g/mol. The van der Waals surface area contributed by atoms with Gasteiger partial charge in [-0.25, -0.2) is 0 Å². The van der Waals surface area contributed by atoms with E-state index in [4.69, 9.17) is 5.73 Å². The quantitative estimate of drug-likeness (QED) is 0.935. The molecule has 0 aliphatic carbocycles. The Hall–Kier alpha value is -1.65. The van der Waals surface area contributed by atoms with Crippen molar-refractivity contribution in [3.05, 3.63) is 36.0 Å². The van der Waals surface area contributed by atoms with Gasteiger partial charge < -0.3 is 15.5 Å². The number of aromatic nitrogens is 1. The van der Waals surface area contributed by atoms with Gasteiger partial charge >= 0.3 is 0 Å². The molecular formula is C17H24N4. The lowest BCUT2D eigenvalue weighted by molar-refractivity contribution is 0.314. The van der Waals surface area contributed by atoms with Crippen LogP contribution in [0.2, 0.25) is 0 Å². The highest BCUT2D eigenvalue weighted by atomic mass is 15.2. The Balaban J connectivity index is 1.97. The van der Waals surface area contributed by atoms with Crippen molar-refractivity contribution in [3.8, 4) is 0 Å². The fourth-order valence-corrected chi connectivity index (χ4v) is 3.39. The Morgan fingerprint density at radius 1 is 1.38 bits per heavy atom. The van der Waals surface area contributed by atoms with E-state index in [9.17, 15) is 0 Å². The molecule has 2 N–H and O–H groups in total. The standard InChI is InChI=1S/C17H24N4/c1-20-9-5-6-14(20)12-21(2)17-13(10-18)11-19-16-8-4-3-7-15(16)17/h3-4,7-8,11,14H,5-6,9-10,12,18H2,1-2H3. The molecule has 0 bridgehead atoms. The maximum Gasteiger partial charge on any atom is 0.0723 e. The van der Waals surface area contributed by atoms with Crippen LogP contribution in [0.25, 0.3) is 10.9 Å². The third-order valence-corrected chi connectivity index (χ3v) is 4.58. The molecule has 1 aromatic carbocycles. The molecule has 112 valence electrons. The van der Waals surface area contributed by atoms with Crippen LogP contribution in [0, 0.1) is 0 Å². The molecule has 1 saturated heterocycles. The predicted molar refractivity (Wildman–Crippen MR) is 88.6 cm³/mol. The highest BCUT2D eigenvalue weighted by molar-refractivity contribution is 5.93. The zero-order valence-corrected chi connectivity index (χ0v) is 12.9.